The summed E-state index contributed by atoms with van der Waals surface area (Å²) < 4.78 is 23.1. The van der Waals surface area contributed by atoms with Crippen molar-refractivity contribution in [3.8, 4) is 0 Å². The molecular weight excluding hydrogens is 222 g/mol. The van der Waals surface area contributed by atoms with E-state index in [0.29, 0.717) is 6.42 Å². The molecule has 2 rings (SSSR count). The summed E-state index contributed by atoms with van der Waals surface area (Å²) in [7, 11) is -3.49. The van der Waals surface area contributed by atoms with E-state index in [0.717, 1.165) is 17.5 Å². The zero-order chi connectivity index (χ0) is 12.0. The minimum Gasteiger partial charge on any atom is -0.228 e. The van der Waals surface area contributed by atoms with Crippen LogP contribution < -0.4 is 5.14 Å². The van der Waals surface area contributed by atoms with Crippen LogP contribution in [0.25, 0.3) is 0 Å². The standard InChI is InChI=1S/C12H17NO2S/c1-12(2)8-7-11(16(13,14)15)9-5-3-4-6-10(9)12/h3-6,11H,7-8H2,1-2H3,(H2,13,14,15). The Bertz CT molecular complexity index is 506. The van der Waals surface area contributed by atoms with Gasteiger partial charge in [-0.05, 0) is 29.4 Å². The van der Waals surface area contributed by atoms with Gasteiger partial charge in [0.1, 0.15) is 5.25 Å². The topological polar surface area (TPSA) is 60.2 Å². The highest BCUT2D eigenvalue weighted by Crippen LogP contribution is 2.43. The molecule has 0 amide bonds. The first-order valence-electron chi connectivity index (χ1n) is 5.43. The predicted octanol–water partition coefficient (Wildman–Crippen LogP) is 2.09. The highest BCUT2D eigenvalue weighted by atomic mass is 32.2. The van der Waals surface area contributed by atoms with Crippen LogP contribution in [0, 0.1) is 0 Å². The lowest BCUT2D eigenvalue weighted by Crippen LogP contribution is -2.32. The summed E-state index contributed by atoms with van der Waals surface area (Å²) in [5, 5.41) is 4.76. The van der Waals surface area contributed by atoms with Crippen molar-refractivity contribution in [3.63, 3.8) is 0 Å². The number of hydrogen-bond donors (Lipinski definition) is 1. The third kappa shape index (κ3) is 1.87. The van der Waals surface area contributed by atoms with Crippen molar-refractivity contribution in [1.82, 2.24) is 0 Å². The maximum atomic E-state index is 11.5. The maximum absolute atomic E-state index is 11.5. The molecule has 16 heavy (non-hydrogen) atoms. The first-order valence-corrected chi connectivity index (χ1v) is 7.04. The molecule has 0 fully saturated rings. The highest BCUT2D eigenvalue weighted by molar-refractivity contribution is 7.89. The van der Waals surface area contributed by atoms with Crippen LogP contribution in [-0.4, -0.2) is 8.42 Å². The molecule has 0 spiro atoms. The van der Waals surface area contributed by atoms with Crippen molar-refractivity contribution in [1.29, 1.82) is 0 Å². The fourth-order valence-electron chi connectivity index (χ4n) is 2.52. The molecule has 1 unspecified atom stereocenters. The Morgan fingerprint density at radius 1 is 1.31 bits per heavy atom. The Morgan fingerprint density at radius 2 is 1.94 bits per heavy atom. The number of sulfonamides is 1. The molecule has 0 saturated carbocycles. The van der Waals surface area contributed by atoms with Gasteiger partial charge in [-0.25, -0.2) is 13.6 Å². The Hall–Kier alpha value is -0.870. The highest BCUT2D eigenvalue weighted by Gasteiger charge is 2.36. The van der Waals surface area contributed by atoms with Gasteiger partial charge in [0, 0.05) is 0 Å². The Kier molecular flexibility index (Phi) is 2.59. The summed E-state index contributed by atoms with van der Waals surface area (Å²) in [5.41, 5.74) is 2.03. The number of rotatable bonds is 1. The SMILES string of the molecule is CC1(C)CCC(S(N)(=O)=O)c2ccccc21. The summed E-state index contributed by atoms with van der Waals surface area (Å²) >= 11 is 0. The molecule has 88 valence electrons. The van der Waals surface area contributed by atoms with Crippen LogP contribution in [0.5, 0.6) is 0 Å². The summed E-state index contributed by atoms with van der Waals surface area (Å²) in [6.07, 6.45) is 1.47. The lowest BCUT2D eigenvalue weighted by Gasteiger charge is -2.36. The van der Waals surface area contributed by atoms with Gasteiger partial charge >= 0.3 is 0 Å². The van der Waals surface area contributed by atoms with Gasteiger partial charge in [-0.2, -0.15) is 0 Å². The second kappa shape index (κ2) is 3.57. The number of hydrogen-bond acceptors (Lipinski definition) is 2. The van der Waals surface area contributed by atoms with Crippen LogP contribution in [0.2, 0.25) is 0 Å². The largest absolute Gasteiger partial charge is 0.228 e. The zero-order valence-corrected chi connectivity index (χ0v) is 10.4. The van der Waals surface area contributed by atoms with Gasteiger partial charge in [0.05, 0.1) is 0 Å². The van der Waals surface area contributed by atoms with Crippen molar-refractivity contribution in [3.05, 3.63) is 35.4 Å². The van der Waals surface area contributed by atoms with E-state index in [1.807, 2.05) is 24.3 Å². The van der Waals surface area contributed by atoms with Crippen molar-refractivity contribution in [2.45, 2.75) is 37.4 Å². The fourth-order valence-corrected chi connectivity index (χ4v) is 3.52. The van der Waals surface area contributed by atoms with E-state index in [1.54, 1.807) is 0 Å². The molecule has 1 atom stereocenters. The maximum Gasteiger partial charge on any atom is 0.216 e. The summed E-state index contributed by atoms with van der Waals surface area (Å²) in [6, 6.07) is 7.71. The van der Waals surface area contributed by atoms with Crippen LogP contribution in [0.15, 0.2) is 24.3 Å². The molecule has 0 aromatic heterocycles. The number of nitrogens with two attached hydrogens (primary N) is 1. The summed E-state index contributed by atoms with van der Waals surface area (Å²) in [4.78, 5) is 0. The minimum absolute atomic E-state index is 0.0395. The average molecular weight is 239 g/mol. The lowest BCUT2D eigenvalue weighted by molar-refractivity contribution is 0.420. The minimum atomic E-state index is -3.49. The molecule has 1 aromatic rings. The second-order valence-corrected chi connectivity index (χ2v) is 6.83. The zero-order valence-electron chi connectivity index (χ0n) is 9.60. The van der Waals surface area contributed by atoms with Crippen LogP contribution in [0.4, 0.5) is 0 Å². The normalized spacial score (nSPS) is 23.8. The van der Waals surface area contributed by atoms with Crippen molar-refractivity contribution < 1.29 is 8.42 Å². The van der Waals surface area contributed by atoms with Gasteiger partial charge in [-0.1, -0.05) is 38.1 Å². The number of fused-ring (bicyclic) bond motifs is 1. The van der Waals surface area contributed by atoms with Crippen molar-refractivity contribution in [2.75, 3.05) is 0 Å². The van der Waals surface area contributed by atoms with E-state index in [1.165, 1.54) is 0 Å². The Labute approximate surface area is 96.7 Å². The molecule has 2 N–H and O–H groups in total. The third-order valence-electron chi connectivity index (χ3n) is 3.46. The summed E-state index contributed by atoms with van der Waals surface area (Å²) in [6.45, 7) is 4.29. The molecule has 0 radical (unpaired) electrons. The van der Waals surface area contributed by atoms with Gasteiger partial charge in [0.25, 0.3) is 0 Å². The second-order valence-electron chi connectivity index (χ2n) is 5.09. The van der Waals surface area contributed by atoms with Crippen LogP contribution in [0.3, 0.4) is 0 Å². The molecule has 1 aliphatic carbocycles. The fraction of sp³-hybridized carbons (Fsp3) is 0.500. The van der Waals surface area contributed by atoms with E-state index in [-0.39, 0.29) is 5.41 Å². The smallest absolute Gasteiger partial charge is 0.216 e. The Balaban J connectivity index is 2.61. The van der Waals surface area contributed by atoms with Gasteiger partial charge in [-0.3, -0.25) is 0 Å². The number of primary sulfonamides is 1. The lowest BCUT2D eigenvalue weighted by atomic mass is 9.73. The van der Waals surface area contributed by atoms with Gasteiger partial charge in [-0.15, -0.1) is 0 Å². The first kappa shape index (κ1) is 11.6. The van der Waals surface area contributed by atoms with Gasteiger partial charge < -0.3 is 0 Å². The molecule has 4 heteroatoms. The molecule has 1 aliphatic rings. The van der Waals surface area contributed by atoms with Crippen LogP contribution in [0.1, 0.15) is 43.1 Å². The van der Waals surface area contributed by atoms with E-state index in [4.69, 9.17) is 5.14 Å². The van der Waals surface area contributed by atoms with Crippen LogP contribution >= 0.6 is 0 Å². The van der Waals surface area contributed by atoms with E-state index in [2.05, 4.69) is 13.8 Å². The molecule has 0 bridgehead atoms. The van der Waals surface area contributed by atoms with Crippen molar-refractivity contribution >= 4 is 10.0 Å². The van der Waals surface area contributed by atoms with E-state index < -0.39 is 15.3 Å². The van der Waals surface area contributed by atoms with Gasteiger partial charge in [0.15, 0.2) is 0 Å². The number of benzene rings is 1. The molecule has 0 aliphatic heterocycles. The average Bonchev–Trinajstić information content (AvgIpc) is 2.16. The molecule has 1 aromatic carbocycles. The summed E-state index contributed by atoms with van der Waals surface area (Å²) in [5.74, 6) is 0. The molecule has 3 nitrogen and oxygen atoms in total. The first-order chi connectivity index (χ1) is 7.32. The van der Waals surface area contributed by atoms with E-state index >= 15 is 0 Å². The monoisotopic (exact) mass is 239 g/mol. The van der Waals surface area contributed by atoms with Gasteiger partial charge in [0.2, 0.25) is 10.0 Å². The molecule has 0 saturated heterocycles. The van der Waals surface area contributed by atoms with E-state index in [9.17, 15) is 8.42 Å². The van der Waals surface area contributed by atoms with Crippen molar-refractivity contribution in [2.24, 2.45) is 5.14 Å². The van der Waals surface area contributed by atoms with Crippen LogP contribution in [-0.2, 0) is 15.4 Å². The quantitative estimate of drug-likeness (QED) is 0.815. The molecular formula is C12H17NO2S. The third-order valence-corrected chi connectivity index (χ3v) is 4.75. The predicted molar refractivity (Wildman–Crippen MR) is 64.6 cm³/mol. The molecule has 0 heterocycles. The Morgan fingerprint density at radius 3 is 2.56 bits per heavy atom.